The second kappa shape index (κ2) is 8.15. The Hall–Kier alpha value is -4.03. The third-order valence-corrected chi connectivity index (χ3v) is 4.72. The Labute approximate surface area is 181 Å². The molecule has 3 heterocycles. The highest BCUT2D eigenvalue weighted by atomic mass is 19.4. The molecule has 0 saturated heterocycles. The minimum absolute atomic E-state index is 0.0104. The van der Waals surface area contributed by atoms with E-state index in [-0.39, 0.29) is 11.1 Å². The van der Waals surface area contributed by atoms with E-state index in [1.54, 1.807) is 0 Å². The number of carbonyl (C=O) groups excluding carboxylic acids is 1. The van der Waals surface area contributed by atoms with Crippen molar-refractivity contribution in [3.05, 3.63) is 88.9 Å². The van der Waals surface area contributed by atoms with Crippen LogP contribution in [0.3, 0.4) is 0 Å². The lowest BCUT2D eigenvalue weighted by Gasteiger charge is -2.23. The number of tetrazole rings is 1. The quantitative estimate of drug-likeness (QED) is 0.459. The average molecular weight is 466 g/mol. The molecule has 7 nitrogen and oxygen atoms in total. The lowest BCUT2D eigenvalue weighted by Crippen LogP contribution is -2.32. The molecular formula is C20H12F6N6O. The van der Waals surface area contributed by atoms with Gasteiger partial charge < -0.3 is 5.32 Å². The fraction of sp³-hybridized carbons (Fsp3) is 0.150. The number of halogens is 6. The van der Waals surface area contributed by atoms with Gasteiger partial charge in [0.25, 0.3) is 5.91 Å². The number of amides is 1. The van der Waals surface area contributed by atoms with Gasteiger partial charge in [-0.2, -0.15) is 30.9 Å². The Morgan fingerprint density at radius 1 is 0.939 bits per heavy atom. The van der Waals surface area contributed by atoms with E-state index >= 15 is 0 Å². The van der Waals surface area contributed by atoms with E-state index in [0.29, 0.717) is 5.65 Å². The van der Waals surface area contributed by atoms with E-state index in [2.05, 4.69) is 25.8 Å². The van der Waals surface area contributed by atoms with Crippen molar-refractivity contribution in [3.8, 4) is 0 Å². The van der Waals surface area contributed by atoms with Crippen molar-refractivity contribution in [2.45, 2.75) is 18.4 Å². The van der Waals surface area contributed by atoms with Crippen molar-refractivity contribution < 1.29 is 31.1 Å². The summed E-state index contributed by atoms with van der Waals surface area (Å²) < 4.78 is 80.9. The van der Waals surface area contributed by atoms with Crippen LogP contribution in [0.2, 0.25) is 0 Å². The molecule has 3 aromatic heterocycles. The first kappa shape index (κ1) is 22.2. The van der Waals surface area contributed by atoms with Gasteiger partial charge in [-0.15, -0.1) is 5.10 Å². The van der Waals surface area contributed by atoms with Crippen LogP contribution >= 0.6 is 0 Å². The van der Waals surface area contributed by atoms with Crippen LogP contribution in [-0.2, 0) is 12.4 Å². The molecule has 0 radical (unpaired) electrons. The second-order valence-corrected chi connectivity index (χ2v) is 6.86. The van der Waals surface area contributed by atoms with Gasteiger partial charge in [-0.25, -0.2) is 0 Å². The molecule has 1 aromatic carbocycles. The fourth-order valence-electron chi connectivity index (χ4n) is 3.15. The number of hydrogen-bond donors (Lipinski definition) is 1. The summed E-state index contributed by atoms with van der Waals surface area (Å²) in [6, 6.07) is 6.55. The van der Waals surface area contributed by atoms with Gasteiger partial charge in [-0.3, -0.25) is 9.78 Å². The highest BCUT2D eigenvalue weighted by molar-refractivity contribution is 5.94. The van der Waals surface area contributed by atoms with Crippen LogP contribution in [0.1, 0.15) is 38.8 Å². The maximum Gasteiger partial charge on any atom is 0.418 e. The van der Waals surface area contributed by atoms with Gasteiger partial charge in [0.1, 0.15) is 0 Å². The first-order valence-corrected chi connectivity index (χ1v) is 9.22. The van der Waals surface area contributed by atoms with Gasteiger partial charge in [0, 0.05) is 12.4 Å². The lowest BCUT2D eigenvalue weighted by atomic mass is 9.97. The molecule has 1 atom stereocenters. The number of rotatable bonds is 4. The molecule has 0 aliphatic rings. The molecule has 170 valence electrons. The van der Waals surface area contributed by atoms with E-state index in [1.807, 2.05) is 0 Å². The van der Waals surface area contributed by atoms with Crippen molar-refractivity contribution in [1.82, 2.24) is 30.3 Å². The summed E-state index contributed by atoms with van der Waals surface area (Å²) in [6.45, 7) is 0. The molecule has 0 bridgehead atoms. The third kappa shape index (κ3) is 4.61. The lowest BCUT2D eigenvalue weighted by molar-refractivity contribution is -0.139. The third-order valence-electron chi connectivity index (χ3n) is 4.72. The molecule has 0 spiro atoms. The maximum atomic E-state index is 13.6. The minimum atomic E-state index is -4.82. The van der Waals surface area contributed by atoms with Gasteiger partial charge in [0.05, 0.1) is 28.4 Å². The highest BCUT2D eigenvalue weighted by Gasteiger charge is 2.37. The molecule has 1 N–H and O–H groups in total. The SMILES string of the molecule is O=C(N[C@@H](c1ccc(C(F)(F)F)cc1)c1ncccc1C(F)(F)F)c1ccc2nnnn2c1. The molecule has 0 saturated carbocycles. The van der Waals surface area contributed by atoms with Gasteiger partial charge in [0.15, 0.2) is 5.65 Å². The molecule has 0 aliphatic carbocycles. The zero-order valence-corrected chi connectivity index (χ0v) is 16.3. The smallest absolute Gasteiger partial charge is 0.339 e. The molecule has 1 amide bonds. The van der Waals surface area contributed by atoms with E-state index in [4.69, 9.17) is 0 Å². The summed E-state index contributed by atoms with van der Waals surface area (Å²) in [5.74, 6) is -0.809. The molecule has 0 unspecified atom stereocenters. The second-order valence-electron chi connectivity index (χ2n) is 6.86. The highest BCUT2D eigenvalue weighted by Crippen LogP contribution is 2.36. The van der Waals surface area contributed by atoms with Crippen molar-refractivity contribution >= 4 is 11.6 Å². The zero-order chi connectivity index (χ0) is 23.8. The standard InChI is InChI=1S/C20H12F6N6O/c21-19(22,23)13-6-3-11(4-7-13)16(17-14(20(24,25)26)2-1-9-27-17)28-18(33)12-5-8-15-29-30-31-32(15)10-12/h1-10,16H,(H,28,33)/t16-/m0/s1. The Morgan fingerprint density at radius 2 is 1.67 bits per heavy atom. The number of pyridine rings is 2. The molecular weight excluding hydrogens is 454 g/mol. The summed E-state index contributed by atoms with van der Waals surface area (Å²) in [6.07, 6.45) is -7.09. The number of hydrogen-bond acceptors (Lipinski definition) is 5. The Morgan fingerprint density at radius 3 is 2.33 bits per heavy atom. The van der Waals surface area contributed by atoms with E-state index in [9.17, 15) is 31.1 Å². The van der Waals surface area contributed by atoms with Crippen LogP contribution < -0.4 is 5.32 Å². The molecule has 0 aliphatic heterocycles. The minimum Gasteiger partial charge on any atom is -0.339 e. The normalized spacial score (nSPS) is 13.2. The van der Waals surface area contributed by atoms with E-state index in [0.717, 1.165) is 42.6 Å². The number of alkyl halides is 6. The Kier molecular flexibility index (Phi) is 5.47. The predicted molar refractivity (Wildman–Crippen MR) is 101 cm³/mol. The van der Waals surface area contributed by atoms with Crippen molar-refractivity contribution in [1.29, 1.82) is 0 Å². The van der Waals surface area contributed by atoms with Crippen LogP contribution in [0, 0.1) is 0 Å². The number of nitrogens with one attached hydrogen (secondary N) is 1. The molecule has 33 heavy (non-hydrogen) atoms. The topological polar surface area (TPSA) is 85.1 Å². The van der Waals surface area contributed by atoms with Gasteiger partial charge in [-0.1, -0.05) is 12.1 Å². The fourth-order valence-corrected chi connectivity index (χ4v) is 3.15. The van der Waals surface area contributed by atoms with Crippen LogP contribution in [0.25, 0.3) is 5.65 Å². The van der Waals surface area contributed by atoms with Crippen molar-refractivity contribution in [2.75, 3.05) is 0 Å². The van der Waals surface area contributed by atoms with E-state index in [1.165, 1.54) is 22.8 Å². The van der Waals surface area contributed by atoms with Gasteiger partial charge in [0.2, 0.25) is 0 Å². The number of nitrogens with zero attached hydrogens (tertiary/aromatic N) is 5. The number of carbonyl (C=O) groups is 1. The van der Waals surface area contributed by atoms with Gasteiger partial charge in [-0.05, 0) is 52.4 Å². The average Bonchev–Trinajstić information content (AvgIpc) is 3.24. The summed E-state index contributed by atoms with van der Waals surface area (Å²) in [5.41, 5.74) is -2.37. The van der Waals surface area contributed by atoms with E-state index < -0.39 is 41.1 Å². The molecule has 4 aromatic rings. The number of aromatic nitrogens is 5. The Bertz CT molecular complexity index is 1300. The summed E-state index contributed by atoms with van der Waals surface area (Å²) >= 11 is 0. The number of fused-ring (bicyclic) bond motifs is 1. The maximum absolute atomic E-state index is 13.6. The summed E-state index contributed by atoms with van der Waals surface area (Å²) in [4.78, 5) is 16.7. The van der Waals surface area contributed by atoms with Crippen LogP contribution in [0.5, 0.6) is 0 Å². The van der Waals surface area contributed by atoms with Crippen LogP contribution in [0.15, 0.2) is 60.9 Å². The van der Waals surface area contributed by atoms with Gasteiger partial charge >= 0.3 is 12.4 Å². The summed E-state index contributed by atoms with van der Waals surface area (Å²) in [5, 5.41) is 13.2. The monoisotopic (exact) mass is 466 g/mol. The van der Waals surface area contributed by atoms with Crippen LogP contribution in [-0.4, -0.2) is 30.9 Å². The first-order valence-electron chi connectivity index (χ1n) is 9.22. The molecule has 4 rings (SSSR count). The van der Waals surface area contributed by atoms with Crippen LogP contribution in [0.4, 0.5) is 26.3 Å². The zero-order valence-electron chi connectivity index (χ0n) is 16.3. The Balaban J connectivity index is 1.77. The first-order chi connectivity index (χ1) is 15.5. The largest absolute Gasteiger partial charge is 0.418 e. The predicted octanol–water partition coefficient (Wildman–Crippen LogP) is 4.08. The summed E-state index contributed by atoms with van der Waals surface area (Å²) in [7, 11) is 0. The van der Waals surface area contributed by atoms with Crippen molar-refractivity contribution in [3.63, 3.8) is 0 Å². The number of benzene rings is 1. The van der Waals surface area contributed by atoms with Crippen molar-refractivity contribution in [2.24, 2.45) is 0 Å². The molecule has 0 fully saturated rings. The molecule has 13 heteroatoms.